The number of hydrogen-bond donors (Lipinski definition) is 2. The fourth-order valence-corrected chi connectivity index (χ4v) is 6.99. The molecule has 8 nitrogen and oxygen atoms in total. The molecule has 0 saturated carbocycles. The van der Waals surface area contributed by atoms with E-state index in [1.165, 1.54) is 10.4 Å². The molecule has 2 aliphatic rings. The molecule has 194 valence electrons. The fourth-order valence-electron chi connectivity index (χ4n) is 4.87. The summed E-state index contributed by atoms with van der Waals surface area (Å²) in [7, 11) is -3.99. The highest BCUT2D eigenvalue weighted by atomic mass is 35.5. The summed E-state index contributed by atoms with van der Waals surface area (Å²) in [6.07, 6.45) is 4.12. The van der Waals surface area contributed by atoms with Gasteiger partial charge in [-0.15, -0.1) is 12.4 Å². The van der Waals surface area contributed by atoms with Gasteiger partial charge in [-0.2, -0.15) is 4.31 Å². The maximum absolute atomic E-state index is 14.6. The smallest absolute Gasteiger partial charge is 0.266 e. The third kappa shape index (κ3) is 5.84. The van der Waals surface area contributed by atoms with Crippen LogP contribution in [0.4, 0.5) is 10.1 Å². The first-order valence-electron chi connectivity index (χ1n) is 12.0. The van der Waals surface area contributed by atoms with E-state index in [0.717, 1.165) is 37.9 Å². The summed E-state index contributed by atoms with van der Waals surface area (Å²) >= 11 is 0. The Morgan fingerprint density at radius 1 is 1.09 bits per heavy atom. The highest BCUT2D eigenvalue weighted by Crippen LogP contribution is 2.34. The van der Waals surface area contributed by atoms with E-state index in [4.69, 9.17) is 0 Å². The molecule has 11 heteroatoms. The summed E-state index contributed by atoms with van der Waals surface area (Å²) in [5.74, 6) is -1.08. The van der Waals surface area contributed by atoms with Crippen molar-refractivity contribution >= 4 is 34.0 Å². The van der Waals surface area contributed by atoms with Gasteiger partial charge < -0.3 is 9.80 Å². The maximum Gasteiger partial charge on any atom is 0.266 e. The van der Waals surface area contributed by atoms with Gasteiger partial charge in [-0.1, -0.05) is 32.8 Å². The highest BCUT2D eigenvalue weighted by molar-refractivity contribution is 7.91. The molecule has 0 radical (unpaired) electrons. The molecule has 2 saturated heterocycles. The zero-order chi connectivity index (χ0) is 24.1. The number of likely N-dealkylation sites (tertiary alicyclic amines) is 1. The molecule has 0 aliphatic carbocycles. The van der Waals surface area contributed by atoms with Gasteiger partial charge in [-0.05, 0) is 49.9 Å². The van der Waals surface area contributed by atoms with Crippen LogP contribution in [0.2, 0.25) is 0 Å². The van der Waals surface area contributed by atoms with Crippen molar-refractivity contribution in [2.24, 2.45) is 0 Å². The highest BCUT2D eigenvalue weighted by Gasteiger charge is 2.54. The second-order valence-corrected chi connectivity index (χ2v) is 11.2. The van der Waals surface area contributed by atoms with Gasteiger partial charge in [0, 0.05) is 45.0 Å². The van der Waals surface area contributed by atoms with Crippen molar-refractivity contribution < 1.29 is 22.8 Å². The predicted molar refractivity (Wildman–Crippen MR) is 134 cm³/mol. The molecule has 3 rings (SSSR count). The van der Waals surface area contributed by atoms with Gasteiger partial charge >= 0.3 is 0 Å². The van der Waals surface area contributed by atoms with Crippen molar-refractivity contribution in [3.63, 3.8) is 0 Å². The van der Waals surface area contributed by atoms with Crippen LogP contribution in [-0.2, 0) is 21.2 Å². The lowest BCUT2D eigenvalue weighted by atomic mass is 9.95. The number of nitrogens with one attached hydrogen (secondary N) is 1. The van der Waals surface area contributed by atoms with Crippen LogP contribution < -0.4 is 10.4 Å². The van der Waals surface area contributed by atoms with Crippen LogP contribution in [0.5, 0.6) is 0 Å². The SMILES string of the molecule is CCCCCc1ccc(N2CCN(S(=O)(=O)C3(C(=O)NO)CCN(CC)CC3)CC2)cc1F.Cl. The second-order valence-electron chi connectivity index (χ2n) is 8.99. The molecule has 2 fully saturated rings. The standard InChI is InChI=1S/C23H37FN4O4S.ClH/c1-3-5-6-7-19-8-9-20(18-21(19)24)27-14-16-28(17-15-27)33(31,32)23(22(29)25-30)10-12-26(4-2)13-11-23;/h8-9,18,30H,3-7,10-17H2,1-2H3,(H,25,29);1H. The van der Waals surface area contributed by atoms with Crippen molar-refractivity contribution in [1.29, 1.82) is 0 Å². The van der Waals surface area contributed by atoms with E-state index in [2.05, 4.69) is 11.8 Å². The van der Waals surface area contributed by atoms with E-state index in [1.54, 1.807) is 5.48 Å². The average molecular weight is 521 g/mol. The van der Waals surface area contributed by atoms with Crippen molar-refractivity contribution in [1.82, 2.24) is 14.7 Å². The maximum atomic E-state index is 14.6. The third-order valence-electron chi connectivity index (χ3n) is 7.15. The Kier molecular flexibility index (Phi) is 10.6. The van der Waals surface area contributed by atoms with Crippen molar-refractivity contribution in [3.8, 4) is 0 Å². The molecule has 0 bridgehead atoms. The minimum Gasteiger partial charge on any atom is -0.369 e. The fraction of sp³-hybridized carbons (Fsp3) is 0.696. The number of carbonyl (C=O) groups is 1. The molecule has 0 spiro atoms. The normalized spacial score (nSPS) is 19.5. The number of rotatable bonds is 9. The number of sulfonamides is 1. The molecule has 34 heavy (non-hydrogen) atoms. The first kappa shape index (κ1) is 28.8. The van der Waals surface area contributed by atoms with Crippen molar-refractivity contribution in [3.05, 3.63) is 29.6 Å². The van der Waals surface area contributed by atoms with Crippen LogP contribution in [0.25, 0.3) is 0 Å². The molecule has 1 aromatic carbocycles. The zero-order valence-corrected chi connectivity index (χ0v) is 21.8. The molecule has 2 heterocycles. The number of nitrogens with zero attached hydrogens (tertiary/aromatic N) is 3. The first-order chi connectivity index (χ1) is 15.8. The average Bonchev–Trinajstić information content (AvgIpc) is 2.84. The van der Waals surface area contributed by atoms with Crippen molar-refractivity contribution in [2.45, 2.75) is 57.1 Å². The van der Waals surface area contributed by atoms with E-state index in [1.807, 2.05) is 24.0 Å². The Morgan fingerprint density at radius 3 is 2.26 bits per heavy atom. The van der Waals surface area contributed by atoms with Crippen LogP contribution in [-0.4, -0.2) is 79.3 Å². The van der Waals surface area contributed by atoms with E-state index in [-0.39, 0.29) is 44.2 Å². The Morgan fingerprint density at radius 2 is 1.74 bits per heavy atom. The zero-order valence-electron chi connectivity index (χ0n) is 20.1. The molecule has 1 aromatic rings. The number of carbonyl (C=O) groups excluding carboxylic acids is 1. The number of halogens is 2. The molecular formula is C23H38ClFN4O4S. The molecule has 0 unspecified atom stereocenters. The second kappa shape index (κ2) is 12.5. The van der Waals surface area contributed by atoms with Gasteiger partial charge in [0.25, 0.3) is 5.91 Å². The largest absolute Gasteiger partial charge is 0.369 e. The quantitative estimate of drug-likeness (QED) is 0.295. The Balaban J connectivity index is 0.00000408. The number of piperidine rings is 1. The van der Waals surface area contributed by atoms with Gasteiger partial charge in [0.2, 0.25) is 10.0 Å². The van der Waals surface area contributed by atoms with Crippen LogP contribution in [0.15, 0.2) is 18.2 Å². The molecule has 2 aliphatic heterocycles. The van der Waals surface area contributed by atoms with Gasteiger partial charge in [-0.3, -0.25) is 10.0 Å². The Bertz CT molecular complexity index is 918. The third-order valence-corrected chi connectivity index (χ3v) is 9.78. The number of piperazine rings is 1. The van der Waals surface area contributed by atoms with E-state index >= 15 is 0 Å². The number of amides is 1. The number of hydrogen-bond acceptors (Lipinski definition) is 6. The minimum atomic E-state index is -3.99. The van der Waals surface area contributed by atoms with E-state index in [0.29, 0.717) is 31.7 Å². The molecule has 0 aromatic heterocycles. The predicted octanol–water partition coefficient (Wildman–Crippen LogP) is 2.79. The summed E-state index contributed by atoms with van der Waals surface area (Å²) in [4.78, 5) is 16.7. The molecule has 0 atom stereocenters. The Labute approximate surface area is 208 Å². The number of benzene rings is 1. The van der Waals surface area contributed by atoms with E-state index in [9.17, 15) is 22.8 Å². The first-order valence-corrected chi connectivity index (χ1v) is 13.4. The van der Waals surface area contributed by atoms with Gasteiger partial charge in [-0.25, -0.2) is 18.3 Å². The van der Waals surface area contributed by atoms with Crippen molar-refractivity contribution in [2.75, 3.05) is 50.7 Å². The lowest BCUT2D eigenvalue weighted by Crippen LogP contribution is -2.63. The number of hydroxylamine groups is 1. The number of aryl methyl sites for hydroxylation is 1. The van der Waals surface area contributed by atoms with Crippen LogP contribution in [0.3, 0.4) is 0 Å². The molecular weight excluding hydrogens is 483 g/mol. The summed E-state index contributed by atoms with van der Waals surface area (Å²) in [5, 5.41) is 9.30. The number of unbranched alkanes of at least 4 members (excludes halogenated alkanes) is 2. The molecule has 1 amide bonds. The minimum absolute atomic E-state index is 0. The monoisotopic (exact) mass is 520 g/mol. The topological polar surface area (TPSA) is 93.2 Å². The lowest BCUT2D eigenvalue weighted by Gasteiger charge is -2.44. The summed E-state index contributed by atoms with van der Waals surface area (Å²) < 4.78 is 41.4. The molecule has 2 N–H and O–H groups in total. The lowest BCUT2D eigenvalue weighted by molar-refractivity contribution is -0.133. The van der Waals surface area contributed by atoms with Gasteiger partial charge in [0.1, 0.15) is 5.82 Å². The van der Waals surface area contributed by atoms with Crippen LogP contribution >= 0.6 is 12.4 Å². The van der Waals surface area contributed by atoms with Crippen LogP contribution in [0, 0.1) is 5.82 Å². The van der Waals surface area contributed by atoms with Gasteiger partial charge in [0.15, 0.2) is 4.75 Å². The van der Waals surface area contributed by atoms with Crippen LogP contribution in [0.1, 0.15) is 51.5 Å². The summed E-state index contributed by atoms with van der Waals surface area (Å²) in [6, 6.07) is 5.26. The summed E-state index contributed by atoms with van der Waals surface area (Å²) in [5.41, 5.74) is 3.05. The Hall–Kier alpha value is -1.46. The van der Waals surface area contributed by atoms with E-state index < -0.39 is 20.7 Å². The van der Waals surface area contributed by atoms with Gasteiger partial charge in [0.05, 0.1) is 0 Å². The summed E-state index contributed by atoms with van der Waals surface area (Å²) in [6.45, 7) is 7.08. The number of anilines is 1.